The number of benzene rings is 2. The summed E-state index contributed by atoms with van der Waals surface area (Å²) in [5.41, 5.74) is 2.17. The fourth-order valence-corrected chi connectivity index (χ4v) is 3.02. The fourth-order valence-electron chi connectivity index (χ4n) is 2.74. The van der Waals surface area contributed by atoms with Gasteiger partial charge >= 0.3 is 0 Å². The van der Waals surface area contributed by atoms with E-state index in [4.69, 9.17) is 30.5 Å². The third kappa shape index (κ3) is 4.54. The maximum absolute atomic E-state index is 6.41. The van der Waals surface area contributed by atoms with Crippen LogP contribution in [-0.2, 0) is 13.1 Å². The van der Waals surface area contributed by atoms with E-state index in [1.807, 2.05) is 51.1 Å². The van der Waals surface area contributed by atoms with Crippen molar-refractivity contribution in [2.75, 3.05) is 13.4 Å². The molecule has 2 aromatic carbocycles. The molecule has 5 nitrogen and oxygen atoms in total. The van der Waals surface area contributed by atoms with Crippen molar-refractivity contribution in [1.29, 1.82) is 0 Å². The maximum atomic E-state index is 6.41. The first kappa shape index (κ1) is 18.7. The molecule has 1 aliphatic heterocycles. The Morgan fingerprint density at radius 3 is 2.62 bits per heavy atom. The van der Waals surface area contributed by atoms with Crippen LogP contribution in [0, 0.1) is 0 Å². The number of rotatable bonds is 8. The summed E-state index contributed by atoms with van der Waals surface area (Å²) in [7, 11) is 0. The Balaban J connectivity index is 1.65. The predicted octanol–water partition coefficient (Wildman–Crippen LogP) is 4.54. The van der Waals surface area contributed by atoms with Gasteiger partial charge in [0, 0.05) is 13.1 Å². The summed E-state index contributed by atoms with van der Waals surface area (Å²) >= 11 is 6.41. The van der Waals surface area contributed by atoms with Crippen molar-refractivity contribution in [2.45, 2.75) is 40.0 Å². The third-order valence-corrected chi connectivity index (χ3v) is 4.10. The normalized spacial score (nSPS) is 12.5. The Morgan fingerprint density at radius 1 is 1.08 bits per heavy atom. The van der Waals surface area contributed by atoms with Crippen LogP contribution in [0.5, 0.6) is 23.0 Å². The average Bonchev–Trinajstić information content (AvgIpc) is 3.06. The van der Waals surface area contributed by atoms with Crippen LogP contribution < -0.4 is 24.3 Å². The lowest BCUT2D eigenvalue weighted by Crippen LogP contribution is -2.13. The van der Waals surface area contributed by atoms with E-state index in [2.05, 4.69) is 5.32 Å². The first-order valence-electron chi connectivity index (χ1n) is 8.78. The van der Waals surface area contributed by atoms with Gasteiger partial charge in [0.2, 0.25) is 6.79 Å². The molecule has 3 rings (SSSR count). The van der Waals surface area contributed by atoms with Crippen LogP contribution in [0.4, 0.5) is 0 Å². The van der Waals surface area contributed by atoms with Crippen molar-refractivity contribution >= 4 is 11.6 Å². The molecule has 1 heterocycles. The van der Waals surface area contributed by atoms with Gasteiger partial charge in [0.1, 0.15) is 0 Å². The summed E-state index contributed by atoms with van der Waals surface area (Å²) in [4.78, 5) is 0. The topological polar surface area (TPSA) is 49.0 Å². The van der Waals surface area contributed by atoms with Gasteiger partial charge in [0.25, 0.3) is 0 Å². The Morgan fingerprint density at radius 2 is 1.85 bits per heavy atom. The van der Waals surface area contributed by atoms with Crippen molar-refractivity contribution in [2.24, 2.45) is 0 Å². The summed E-state index contributed by atoms with van der Waals surface area (Å²) in [6.07, 6.45) is 0.0293. The summed E-state index contributed by atoms with van der Waals surface area (Å²) in [5.74, 6) is 2.86. The Kier molecular flexibility index (Phi) is 6.12. The van der Waals surface area contributed by atoms with Crippen LogP contribution in [0.1, 0.15) is 31.9 Å². The predicted molar refractivity (Wildman–Crippen MR) is 101 cm³/mol. The van der Waals surface area contributed by atoms with Crippen molar-refractivity contribution < 1.29 is 18.9 Å². The molecule has 1 N–H and O–H groups in total. The van der Waals surface area contributed by atoms with Crippen molar-refractivity contribution in [1.82, 2.24) is 5.32 Å². The zero-order valence-electron chi connectivity index (χ0n) is 15.3. The third-order valence-electron chi connectivity index (χ3n) is 3.82. The van der Waals surface area contributed by atoms with Gasteiger partial charge in [-0.05, 0) is 56.2 Å². The van der Waals surface area contributed by atoms with Crippen LogP contribution in [0.15, 0.2) is 30.3 Å². The molecule has 0 fully saturated rings. The SMILES string of the molecule is CCOc1cc(CNCc2ccc3c(c2)OCO3)cc(Cl)c1OC(C)C. The van der Waals surface area contributed by atoms with E-state index in [-0.39, 0.29) is 12.9 Å². The monoisotopic (exact) mass is 377 g/mol. The van der Waals surface area contributed by atoms with Gasteiger partial charge in [0.05, 0.1) is 17.7 Å². The second-order valence-corrected chi connectivity index (χ2v) is 6.70. The van der Waals surface area contributed by atoms with Gasteiger partial charge < -0.3 is 24.3 Å². The second kappa shape index (κ2) is 8.52. The lowest BCUT2D eigenvalue weighted by atomic mass is 10.1. The summed E-state index contributed by atoms with van der Waals surface area (Å²) in [6, 6.07) is 9.84. The van der Waals surface area contributed by atoms with Gasteiger partial charge in [-0.25, -0.2) is 0 Å². The molecule has 0 unspecified atom stereocenters. The first-order chi connectivity index (χ1) is 12.6. The van der Waals surface area contributed by atoms with Gasteiger partial charge in [0.15, 0.2) is 23.0 Å². The number of ether oxygens (including phenoxy) is 4. The van der Waals surface area contributed by atoms with Crippen LogP contribution in [0.2, 0.25) is 5.02 Å². The summed E-state index contributed by atoms with van der Waals surface area (Å²) in [5, 5.41) is 3.97. The summed E-state index contributed by atoms with van der Waals surface area (Å²) in [6.45, 7) is 8.09. The van der Waals surface area contributed by atoms with E-state index >= 15 is 0 Å². The highest BCUT2D eigenvalue weighted by molar-refractivity contribution is 6.32. The molecule has 0 aromatic heterocycles. The molecule has 0 aliphatic carbocycles. The molecule has 0 amide bonds. The number of halogens is 1. The molecule has 0 saturated carbocycles. The number of fused-ring (bicyclic) bond motifs is 1. The van der Waals surface area contributed by atoms with Crippen LogP contribution in [0.25, 0.3) is 0 Å². The van der Waals surface area contributed by atoms with Crippen LogP contribution >= 0.6 is 11.6 Å². The molecule has 0 atom stereocenters. The smallest absolute Gasteiger partial charge is 0.231 e. The number of hydrogen-bond donors (Lipinski definition) is 1. The largest absolute Gasteiger partial charge is 0.490 e. The van der Waals surface area contributed by atoms with Gasteiger partial charge in [-0.3, -0.25) is 0 Å². The molecule has 6 heteroatoms. The van der Waals surface area contributed by atoms with E-state index < -0.39 is 0 Å². The molecule has 1 aliphatic rings. The molecule has 0 spiro atoms. The number of hydrogen-bond acceptors (Lipinski definition) is 5. The zero-order valence-corrected chi connectivity index (χ0v) is 16.1. The second-order valence-electron chi connectivity index (χ2n) is 6.30. The highest BCUT2D eigenvalue weighted by Gasteiger charge is 2.15. The summed E-state index contributed by atoms with van der Waals surface area (Å²) < 4.78 is 22.2. The maximum Gasteiger partial charge on any atom is 0.231 e. The van der Waals surface area contributed by atoms with Gasteiger partial charge in [-0.15, -0.1) is 0 Å². The minimum Gasteiger partial charge on any atom is -0.490 e. The Bertz CT molecular complexity index is 764. The van der Waals surface area contributed by atoms with Gasteiger partial charge in [-0.2, -0.15) is 0 Å². The molecule has 26 heavy (non-hydrogen) atoms. The molecule has 140 valence electrons. The quantitative estimate of drug-likeness (QED) is 0.731. The van der Waals surface area contributed by atoms with E-state index in [0.717, 1.165) is 22.6 Å². The van der Waals surface area contributed by atoms with Crippen molar-refractivity contribution in [3.05, 3.63) is 46.5 Å². The molecule has 2 aromatic rings. The Hall–Kier alpha value is -2.11. The molecule has 0 radical (unpaired) electrons. The van der Waals surface area contributed by atoms with Gasteiger partial charge in [-0.1, -0.05) is 17.7 Å². The highest BCUT2D eigenvalue weighted by atomic mass is 35.5. The fraction of sp³-hybridized carbons (Fsp3) is 0.400. The van der Waals surface area contributed by atoms with E-state index in [1.165, 1.54) is 0 Å². The minimum absolute atomic E-state index is 0.0293. The molecular weight excluding hydrogens is 354 g/mol. The lowest BCUT2D eigenvalue weighted by Gasteiger charge is -2.17. The van der Waals surface area contributed by atoms with E-state index in [0.29, 0.717) is 36.2 Å². The molecule has 0 bridgehead atoms. The lowest BCUT2D eigenvalue weighted by molar-refractivity contribution is 0.174. The van der Waals surface area contributed by atoms with E-state index in [9.17, 15) is 0 Å². The van der Waals surface area contributed by atoms with Crippen LogP contribution in [0.3, 0.4) is 0 Å². The van der Waals surface area contributed by atoms with Crippen molar-refractivity contribution in [3.8, 4) is 23.0 Å². The zero-order chi connectivity index (χ0) is 18.5. The van der Waals surface area contributed by atoms with Crippen LogP contribution in [-0.4, -0.2) is 19.5 Å². The molecular formula is C20H24ClNO4. The average molecular weight is 378 g/mol. The van der Waals surface area contributed by atoms with E-state index in [1.54, 1.807) is 0 Å². The standard InChI is InChI=1S/C20H24ClNO4/c1-4-23-19-9-15(7-16(21)20(19)26-13(2)3)11-22-10-14-5-6-17-18(8-14)25-12-24-17/h5-9,13,22H,4,10-12H2,1-3H3. The first-order valence-corrected chi connectivity index (χ1v) is 9.15. The molecule has 0 saturated heterocycles. The number of nitrogens with one attached hydrogen (secondary N) is 1. The highest BCUT2D eigenvalue weighted by Crippen LogP contribution is 2.37. The van der Waals surface area contributed by atoms with Crippen molar-refractivity contribution in [3.63, 3.8) is 0 Å². The Labute approximate surface area is 159 Å². The minimum atomic E-state index is 0.0293.